The van der Waals surface area contributed by atoms with Crippen LogP contribution in [0.5, 0.6) is 0 Å². The number of para-hydroxylation sites is 2. The third-order valence-corrected chi connectivity index (χ3v) is 7.89. The van der Waals surface area contributed by atoms with Crippen LogP contribution in [0.25, 0.3) is 65.9 Å². The standard InChI is InChI=1S/C34H22F2N2O2/c1-37-29-17-26-30(38(2)32-22(12-8-14-24(32)34(26)40)20-10-4-6-16-28(20)36)18-25(29)33(39)23-13-7-11-21(31(23)37)19-9-3-5-15-27(19)35/h3-18H,1-2H3. The molecule has 194 valence electrons. The smallest absolute Gasteiger partial charge is 0.197 e. The molecule has 6 heteroatoms. The fourth-order valence-corrected chi connectivity index (χ4v) is 6.00. The Kier molecular flexibility index (Phi) is 5.22. The summed E-state index contributed by atoms with van der Waals surface area (Å²) in [6.07, 6.45) is 0. The fraction of sp³-hybridized carbons (Fsp3) is 0.0588. The van der Waals surface area contributed by atoms with Gasteiger partial charge in [-0.25, -0.2) is 8.78 Å². The minimum Gasteiger partial charge on any atom is -0.343 e. The maximum absolute atomic E-state index is 14.8. The first-order valence-electron chi connectivity index (χ1n) is 12.9. The number of nitrogens with zero attached hydrogens (tertiary/aromatic N) is 2. The number of aromatic nitrogens is 2. The molecule has 5 aromatic carbocycles. The van der Waals surface area contributed by atoms with Crippen LogP contribution in [0.4, 0.5) is 8.78 Å². The molecule has 40 heavy (non-hydrogen) atoms. The van der Waals surface area contributed by atoms with Crippen LogP contribution in [0.1, 0.15) is 0 Å². The van der Waals surface area contributed by atoms with Crippen LogP contribution in [0.2, 0.25) is 0 Å². The van der Waals surface area contributed by atoms with Gasteiger partial charge in [0.25, 0.3) is 0 Å². The second kappa shape index (κ2) is 8.71. The van der Waals surface area contributed by atoms with E-state index < -0.39 is 0 Å². The van der Waals surface area contributed by atoms with Gasteiger partial charge < -0.3 is 9.13 Å². The lowest BCUT2D eigenvalue weighted by molar-refractivity contribution is 0.631. The molecule has 0 unspecified atom stereocenters. The Bertz CT molecular complexity index is 2150. The molecule has 0 saturated heterocycles. The van der Waals surface area contributed by atoms with E-state index in [9.17, 15) is 18.4 Å². The van der Waals surface area contributed by atoms with Crippen molar-refractivity contribution in [3.8, 4) is 22.3 Å². The molecule has 7 aromatic rings. The van der Waals surface area contributed by atoms with Crippen molar-refractivity contribution in [3.63, 3.8) is 0 Å². The number of hydrogen-bond donors (Lipinski definition) is 0. The first-order chi connectivity index (χ1) is 19.4. The highest BCUT2D eigenvalue weighted by atomic mass is 19.1. The maximum atomic E-state index is 14.8. The molecule has 4 nitrogen and oxygen atoms in total. The molecule has 0 spiro atoms. The molecular formula is C34H22F2N2O2. The molecule has 0 N–H and O–H groups in total. The Hall–Kier alpha value is -5.10. The molecule has 0 fully saturated rings. The first-order valence-corrected chi connectivity index (χ1v) is 12.9. The van der Waals surface area contributed by atoms with Crippen molar-refractivity contribution in [2.45, 2.75) is 0 Å². The molecule has 0 atom stereocenters. The molecule has 0 aliphatic carbocycles. The summed E-state index contributed by atoms with van der Waals surface area (Å²) in [4.78, 5) is 27.8. The minimum atomic E-state index is -0.382. The molecule has 0 amide bonds. The van der Waals surface area contributed by atoms with Crippen LogP contribution in [0.3, 0.4) is 0 Å². The molecule has 0 bridgehead atoms. The van der Waals surface area contributed by atoms with Gasteiger partial charge in [0.2, 0.25) is 0 Å². The third-order valence-electron chi connectivity index (χ3n) is 7.89. The normalized spacial score (nSPS) is 11.7. The van der Waals surface area contributed by atoms with Gasteiger partial charge in [-0.1, -0.05) is 60.7 Å². The zero-order valence-electron chi connectivity index (χ0n) is 21.7. The van der Waals surface area contributed by atoms with Gasteiger partial charge in [-0.15, -0.1) is 0 Å². The first kappa shape index (κ1) is 24.0. The summed E-state index contributed by atoms with van der Waals surface area (Å²) >= 11 is 0. The number of hydrogen-bond acceptors (Lipinski definition) is 2. The number of fused-ring (bicyclic) bond motifs is 4. The highest BCUT2D eigenvalue weighted by Crippen LogP contribution is 2.34. The van der Waals surface area contributed by atoms with E-state index in [4.69, 9.17) is 0 Å². The van der Waals surface area contributed by atoms with E-state index in [1.54, 1.807) is 84.9 Å². The maximum Gasteiger partial charge on any atom is 0.197 e. The second-order valence-electron chi connectivity index (χ2n) is 10.0. The van der Waals surface area contributed by atoms with E-state index in [0.29, 0.717) is 65.9 Å². The molecular weight excluding hydrogens is 506 g/mol. The second-order valence-corrected chi connectivity index (χ2v) is 10.0. The van der Waals surface area contributed by atoms with Crippen molar-refractivity contribution in [3.05, 3.63) is 129 Å². The predicted molar refractivity (Wildman–Crippen MR) is 158 cm³/mol. The van der Waals surface area contributed by atoms with Gasteiger partial charge in [0, 0.05) is 57.9 Å². The molecule has 2 aromatic heterocycles. The van der Waals surface area contributed by atoms with Crippen molar-refractivity contribution >= 4 is 43.6 Å². The summed E-state index contributed by atoms with van der Waals surface area (Å²) in [5.74, 6) is -0.765. The Morgan fingerprint density at radius 3 is 1.25 bits per heavy atom. The molecule has 7 rings (SSSR count). The lowest BCUT2D eigenvalue weighted by atomic mass is 9.97. The van der Waals surface area contributed by atoms with Gasteiger partial charge in [0.05, 0.1) is 22.1 Å². The van der Waals surface area contributed by atoms with Crippen molar-refractivity contribution in [2.24, 2.45) is 14.1 Å². The Labute approximate surface area is 227 Å². The zero-order chi connectivity index (χ0) is 27.7. The van der Waals surface area contributed by atoms with Gasteiger partial charge >= 0.3 is 0 Å². The summed E-state index contributed by atoms with van der Waals surface area (Å²) < 4.78 is 33.4. The number of halogens is 2. The van der Waals surface area contributed by atoms with Crippen molar-refractivity contribution in [1.29, 1.82) is 0 Å². The predicted octanol–water partition coefficient (Wildman–Crippen LogP) is 7.31. The molecule has 2 heterocycles. The molecule has 0 aliphatic rings. The number of rotatable bonds is 2. The SMILES string of the molecule is Cn1c2cc3c(=O)c4cccc(-c5ccccc5F)c4n(C)c3cc2c(=O)c2cccc(-c3ccccc3F)c21. The third kappa shape index (κ3) is 3.29. The molecule has 0 saturated carbocycles. The van der Waals surface area contributed by atoms with E-state index in [1.807, 2.05) is 23.2 Å². The summed E-state index contributed by atoms with van der Waals surface area (Å²) in [6, 6.07) is 27.0. The summed E-state index contributed by atoms with van der Waals surface area (Å²) in [6.45, 7) is 0. The van der Waals surface area contributed by atoms with Gasteiger partial charge in [0.15, 0.2) is 10.9 Å². The summed E-state index contributed by atoms with van der Waals surface area (Å²) in [5, 5.41) is 1.78. The van der Waals surface area contributed by atoms with E-state index in [1.165, 1.54) is 12.1 Å². The summed E-state index contributed by atoms with van der Waals surface area (Å²) in [5.41, 5.74) is 3.86. The Morgan fingerprint density at radius 1 is 0.475 bits per heavy atom. The summed E-state index contributed by atoms with van der Waals surface area (Å²) in [7, 11) is 3.64. The van der Waals surface area contributed by atoms with E-state index >= 15 is 0 Å². The number of pyridine rings is 2. The van der Waals surface area contributed by atoms with Crippen molar-refractivity contribution in [1.82, 2.24) is 9.13 Å². The average Bonchev–Trinajstić information content (AvgIpc) is 2.98. The number of aryl methyl sites for hydroxylation is 2. The average molecular weight is 529 g/mol. The quantitative estimate of drug-likeness (QED) is 0.221. The number of benzene rings is 5. The van der Waals surface area contributed by atoms with E-state index in [0.717, 1.165) is 0 Å². The van der Waals surface area contributed by atoms with Crippen LogP contribution < -0.4 is 10.9 Å². The van der Waals surface area contributed by atoms with Crippen molar-refractivity contribution in [2.75, 3.05) is 0 Å². The monoisotopic (exact) mass is 528 g/mol. The highest BCUT2D eigenvalue weighted by Gasteiger charge is 2.19. The molecule has 0 radical (unpaired) electrons. The van der Waals surface area contributed by atoms with Crippen LogP contribution in [0, 0.1) is 11.6 Å². The lowest BCUT2D eigenvalue weighted by Gasteiger charge is -2.18. The minimum absolute atomic E-state index is 0.210. The Balaban J connectivity index is 1.63. The van der Waals surface area contributed by atoms with Gasteiger partial charge in [0.1, 0.15) is 11.6 Å². The zero-order valence-corrected chi connectivity index (χ0v) is 21.7. The van der Waals surface area contributed by atoms with Crippen LogP contribution >= 0.6 is 0 Å². The lowest BCUT2D eigenvalue weighted by Crippen LogP contribution is -2.14. The van der Waals surface area contributed by atoms with Crippen LogP contribution in [0.15, 0.2) is 107 Å². The Morgan fingerprint density at radius 2 is 0.850 bits per heavy atom. The largest absolute Gasteiger partial charge is 0.343 e. The van der Waals surface area contributed by atoms with E-state index in [2.05, 4.69) is 0 Å². The highest BCUT2D eigenvalue weighted by molar-refractivity contribution is 6.07. The molecule has 0 aliphatic heterocycles. The van der Waals surface area contributed by atoms with Gasteiger partial charge in [-0.05, 0) is 36.4 Å². The topological polar surface area (TPSA) is 44.0 Å². The van der Waals surface area contributed by atoms with Gasteiger partial charge in [-0.3, -0.25) is 9.59 Å². The fourth-order valence-electron chi connectivity index (χ4n) is 6.00. The van der Waals surface area contributed by atoms with E-state index in [-0.39, 0.29) is 22.5 Å². The van der Waals surface area contributed by atoms with Gasteiger partial charge in [-0.2, -0.15) is 0 Å². The van der Waals surface area contributed by atoms with Crippen LogP contribution in [-0.4, -0.2) is 9.13 Å². The van der Waals surface area contributed by atoms with Crippen LogP contribution in [-0.2, 0) is 14.1 Å². The van der Waals surface area contributed by atoms with Crippen molar-refractivity contribution < 1.29 is 8.78 Å².